The Morgan fingerprint density at radius 3 is 2.50 bits per heavy atom. The van der Waals surface area contributed by atoms with Crippen molar-refractivity contribution in [3.05, 3.63) is 35.9 Å². The molecule has 1 unspecified atom stereocenters. The van der Waals surface area contributed by atoms with Crippen LogP contribution >= 0.6 is 0 Å². The molecule has 0 N–H and O–H groups in total. The number of nitrogens with zero attached hydrogens (tertiary/aromatic N) is 2. The number of carbonyl (C=O) groups is 2. The predicted molar refractivity (Wildman–Crippen MR) is 76.1 cm³/mol. The van der Waals surface area contributed by atoms with Crippen molar-refractivity contribution >= 4 is 11.8 Å². The first-order valence-corrected chi connectivity index (χ1v) is 7.24. The fourth-order valence-electron chi connectivity index (χ4n) is 2.85. The quantitative estimate of drug-likeness (QED) is 0.836. The van der Waals surface area contributed by atoms with Gasteiger partial charge in [-0.2, -0.15) is 0 Å². The van der Waals surface area contributed by atoms with E-state index in [1.807, 2.05) is 30.3 Å². The molecule has 0 radical (unpaired) electrons. The second-order valence-electron chi connectivity index (χ2n) is 5.80. The zero-order valence-electron chi connectivity index (χ0n) is 11.8. The zero-order valence-corrected chi connectivity index (χ0v) is 11.8. The molecule has 4 nitrogen and oxygen atoms in total. The minimum atomic E-state index is -0.0626. The second-order valence-corrected chi connectivity index (χ2v) is 5.80. The summed E-state index contributed by atoms with van der Waals surface area (Å²) in [5, 5.41) is 0. The molecule has 1 saturated heterocycles. The molecule has 0 spiro atoms. The summed E-state index contributed by atoms with van der Waals surface area (Å²) in [6.45, 7) is 1.51. The van der Waals surface area contributed by atoms with Crippen LogP contribution in [0.4, 0.5) is 0 Å². The van der Waals surface area contributed by atoms with Gasteiger partial charge >= 0.3 is 0 Å². The molecule has 2 aliphatic rings. The van der Waals surface area contributed by atoms with Crippen LogP contribution in [0, 0.1) is 5.92 Å². The monoisotopic (exact) mass is 272 g/mol. The molecule has 1 aliphatic heterocycles. The molecule has 4 heteroatoms. The number of carbonyl (C=O) groups excluding carboxylic acids is 2. The minimum Gasteiger partial charge on any atom is -0.342 e. The van der Waals surface area contributed by atoms with Crippen molar-refractivity contribution in [3.63, 3.8) is 0 Å². The molecule has 3 rings (SSSR count). The molecular formula is C16H20N2O2. The van der Waals surface area contributed by atoms with Gasteiger partial charge in [0.2, 0.25) is 11.8 Å². The van der Waals surface area contributed by atoms with E-state index in [0.29, 0.717) is 19.0 Å². The van der Waals surface area contributed by atoms with Gasteiger partial charge in [-0.15, -0.1) is 0 Å². The van der Waals surface area contributed by atoms with Crippen LogP contribution in [-0.4, -0.2) is 48.3 Å². The molecular weight excluding hydrogens is 252 g/mol. The van der Waals surface area contributed by atoms with E-state index in [9.17, 15) is 9.59 Å². The predicted octanol–water partition coefficient (Wildman–Crippen LogP) is 1.48. The van der Waals surface area contributed by atoms with Crippen molar-refractivity contribution in [2.45, 2.75) is 18.8 Å². The third-order valence-corrected chi connectivity index (χ3v) is 4.29. The SMILES string of the molecule is CN1CCN(C(=O)C(c2ccccc2)C2CC2)CC1=O. The maximum atomic E-state index is 12.8. The average molecular weight is 272 g/mol. The first-order chi connectivity index (χ1) is 9.66. The van der Waals surface area contributed by atoms with Crippen molar-refractivity contribution < 1.29 is 9.59 Å². The van der Waals surface area contributed by atoms with Gasteiger partial charge in [-0.05, 0) is 24.3 Å². The topological polar surface area (TPSA) is 40.6 Å². The first kappa shape index (κ1) is 13.2. The molecule has 1 saturated carbocycles. The van der Waals surface area contributed by atoms with Crippen LogP contribution in [0.3, 0.4) is 0 Å². The molecule has 1 aromatic rings. The average Bonchev–Trinajstić information content (AvgIpc) is 3.28. The smallest absolute Gasteiger partial charge is 0.241 e. The maximum absolute atomic E-state index is 12.8. The highest BCUT2D eigenvalue weighted by atomic mass is 16.2. The number of piperazine rings is 1. The summed E-state index contributed by atoms with van der Waals surface area (Å²) in [6.07, 6.45) is 2.24. The summed E-state index contributed by atoms with van der Waals surface area (Å²) in [6, 6.07) is 9.98. The fraction of sp³-hybridized carbons (Fsp3) is 0.500. The number of rotatable bonds is 3. The summed E-state index contributed by atoms with van der Waals surface area (Å²) in [5.41, 5.74) is 1.09. The van der Waals surface area contributed by atoms with E-state index >= 15 is 0 Å². The minimum absolute atomic E-state index is 0.0345. The van der Waals surface area contributed by atoms with Crippen molar-refractivity contribution in [3.8, 4) is 0 Å². The third-order valence-electron chi connectivity index (χ3n) is 4.29. The summed E-state index contributed by atoms with van der Waals surface area (Å²) < 4.78 is 0. The number of amides is 2. The van der Waals surface area contributed by atoms with Crippen LogP contribution in [0.1, 0.15) is 24.3 Å². The molecule has 1 heterocycles. The highest BCUT2D eigenvalue weighted by molar-refractivity contribution is 5.89. The number of hydrogen-bond acceptors (Lipinski definition) is 2. The van der Waals surface area contributed by atoms with Gasteiger partial charge in [0.25, 0.3) is 0 Å². The van der Waals surface area contributed by atoms with Gasteiger partial charge < -0.3 is 9.80 Å². The van der Waals surface area contributed by atoms with Gasteiger partial charge in [0, 0.05) is 20.1 Å². The molecule has 20 heavy (non-hydrogen) atoms. The number of likely N-dealkylation sites (N-methyl/N-ethyl adjacent to an activating group) is 1. The van der Waals surface area contributed by atoms with Crippen LogP contribution in [-0.2, 0) is 9.59 Å². The molecule has 106 valence electrons. The van der Waals surface area contributed by atoms with Gasteiger partial charge in [-0.25, -0.2) is 0 Å². The lowest BCUT2D eigenvalue weighted by molar-refractivity contribution is -0.145. The Bertz CT molecular complexity index is 510. The van der Waals surface area contributed by atoms with Crippen molar-refractivity contribution in [2.75, 3.05) is 26.7 Å². The van der Waals surface area contributed by atoms with Gasteiger partial charge in [0.15, 0.2) is 0 Å². The highest BCUT2D eigenvalue weighted by Gasteiger charge is 2.40. The van der Waals surface area contributed by atoms with Gasteiger partial charge in [-0.3, -0.25) is 9.59 Å². The van der Waals surface area contributed by atoms with Crippen molar-refractivity contribution in [2.24, 2.45) is 5.92 Å². The zero-order chi connectivity index (χ0) is 14.1. The van der Waals surface area contributed by atoms with E-state index in [-0.39, 0.29) is 24.3 Å². The Morgan fingerprint density at radius 1 is 1.20 bits per heavy atom. The Balaban J connectivity index is 1.78. The van der Waals surface area contributed by atoms with Crippen LogP contribution < -0.4 is 0 Å². The Morgan fingerprint density at radius 2 is 1.90 bits per heavy atom. The molecule has 1 aromatic carbocycles. The number of benzene rings is 1. The molecule has 1 aliphatic carbocycles. The van der Waals surface area contributed by atoms with Gasteiger partial charge in [0.1, 0.15) is 0 Å². The lowest BCUT2D eigenvalue weighted by Gasteiger charge is -2.34. The molecule has 2 amide bonds. The lowest BCUT2D eigenvalue weighted by Crippen LogP contribution is -2.52. The van der Waals surface area contributed by atoms with Crippen LogP contribution in [0.15, 0.2) is 30.3 Å². The first-order valence-electron chi connectivity index (χ1n) is 7.24. The second kappa shape index (κ2) is 5.27. The molecule has 0 bridgehead atoms. The van der Waals surface area contributed by atoms with E-state index in [4.69, 9.17) is 0 Å². The Labute approximate surface area is 119 Å². The maximum Gasteiger partial charge on any atom is 0.241 e. The molecule has 1 atom stereocenters. The summed E-state index contributed by atoms with van der Waals surface area (Å²) >= 11 is 0. The normalized spacial score (nSPS) is 20.9. The molecule has 0 aromatic heterocycles. The van der Waals surface area contributed by atoms with Crippen LogP contribution in [0.2, 0.25) is 0 Å². The standard InChI is InChI=1S/C16H20N2O2/c1-17-9-10-18(11-14(17)19)16(20)15(13-7-8-13)12-5-3-2-4-6-12/h2-6,13,15H,7-11H2,1H3. The lowest BCUT2D eigenvalue weighted by atomic mass is 9.92. The summed E-state index contributed by atoms with van der Waals surface area (Å²) in [7, 11) is 1.79. The highest BCUT2D eigenvalue weighted by Crippen LogP contribution is 2.43. The van der Waals surface area contributed by atoms with E-state index in [2.05, 4.69) is 0 Å². The van der Waals surface area contributed by atoms with Crippen LogP contribution in [0.25, 0.3) is 0 Å². The van der Waals surface area contributed by atoms with E-state index in [1.165, 1.54) is 0 Å². The van der Waals surface area contributed by atoms with Gasteiger partial charge in [0.05, 0.1) is 12.5 Å². The largest absolute Gasteiger partial charge is 0.342 e. The van der Waals surface area contributed by atoms with Crippen molar-refractivity contribution in [1.29, 1.82) is 0 Å². The van der Waals surface area contributed by atoms with Crippen molar-refractivity contribution in [1.82, 2.24) is 9.80 Å². The fourth-order valence-corrected chi connectivity index (χ4v) is 2.85. The Hall–Kier alpha value is -1.84. The van der Waals surface area contributed by atoms with E-state index in [1.54, 1.807) is 16.8 Å². The van der Waals surface area contributed by atoms with Crippen LogP contribution in [0.5, 0.6) is 0 Å². The number of hydrogen-bond donors (Lipinski definition) is 0. The third kappa shape index (κ3) is 2.55. The Kier molecular flexibility index (Phi) is 3.47. The van der Waals surface area contributed by atoms with Gasteiger partial charge in [-0.1, -0.05) is 30.3 Å². The molecule has 2 fully saturated rings. The van der Waals surface area contributed by atoms with E-state index in [0.717, 1.165) is 18.4 Å². The summed E-state index contributed by atoms with van der Waals surface area (Å²) in [5.74, 6) is 0.555. The van der Waals surface area contributed by atoms with E-state index < -0.39 is 0 Å². The summed E-state index contributed by atoms with van der Waals surface area (Å²) in [4.78, 5) is 28.0.